The van der Waals surface area contributed by atoms with E-state index in [1.807, 2.05) is 18.3 Å². The number of ether oxygens (including phenoxy) is 1. The van der Waals surface area contributed by atoms with Gasteiger partial charge < -0.3 is 4.74 Å². The third kappa shape index (κ3) is 2.48. The maximum Gasteiger partial charge on any atom is 0.122 e. The van der Waals surface area contributed by atoms with E-state index in [1.165, 1.54) is 11.1 Å². The number of nitrogens with zero attached hydrogens (tertiary/aromatic N) is 1. The van der Waals surface area contributed by atoms with Gasteiger partial charge in [-0.15, -0.1) is 0 Å². The van der Waals surface area contributed by atoms with Crippen LogP contribution in [-0.2, 0) is 0 Å². The zero-order valence-corrected chi connectivity index (χ0v) is 13.2. The fourth-order valence-corrected chi connectivity index (χ4v) is 2.64. The number of methoxy groups -OCH3 is 1. The van der Waals surface area contributed by atoms with Gasteiger partial charge in [0.1, 0.15) is 5.75 Å². The highest BCUT2D eigenvalue weighted by Crippen LogP contribution is 2.30. The minimum absolute atomic E-state index is 0.901. The number of hydrogen-bond acceptors (Lipinski definition) is 2. The van der Waals surface area contributed by atoms with Gasteiger partial charge in [-0.2, -0.15) is 0 Å². The van der Waals surface area contributed by atoms with Crippen LogP contribution in [0.5, 0.6) is 5.75 Å². The number of benzene rings is 2. The Balaban J connectivity index is 2.07. The maximum absolute atomic E-state index is 5.47. The van der Waals surface area contributed by atoms with E-state index in [1.54, 1.807) is 7.11 Å². The lowest BCUT2D eigenvalue weighted by atomic mass is 9.95. The molecule has 0 aliphatic carbocycles. The van der Waals surface area contributed by atoms with Crippen molar-refractivity contribution in [2.75, 3.05) is 7.11 Å². The Morgan fingerprint density at radius 3 is 2.64 bits per heavy atom. The lowest BCUT2D eigenvalue weighted by Crippen LogP contribution is -1.94. The van der Waals surface area contributed by atoms with E-state index < -0.39 is 0 Å². The first-order chi connectivity index (χ1) is 10.6. The quantitative estimate of drug-likeness (QED) is 0.682. The fraction of sp³-hybridized carbons (Fsp3) is 0.150. The molecule has 2 aromatic carbocycles. The van der Waals surface area contributed by atoms with Crippen LogP contribution < -0.4 is 4.74 Å². The van der Waals surface area contributed by atoms with E-state index in [2.05, 4.69) is 55.7 Å². The summed E-state index contributed by atoms with van der Waals surface area (Å²) in [6, 6.07) is 14.5. The van der Waals surface area contributed by atoms with Gasteiger partial charge in [0.05, 0.1) is 12.6 Å². The maximum atomic E-state index is 5.47. The molecule has 0 saturated heterocycles. The van der Waals surface area contributed by atoms with Crippen LogP contribution >= 0.6 is 0 Å². The molecule has 3 aromatic rings. The molecule has 1 heterocycles. The molecule has 1 aromatic heterocycles. The standard InChI is InChI=1S/C20H19NO/c1-13-10-18(12-20(22-4)14(13)2)15(3)16-7-8-19-17(11-16)6-5-9-21-19/h5-12H,3H2,1-2,4H3. The number of hydrogen-bond donors (Lipinski definition) is 0. The van der Waals surface area contributed by atoms with Gasteiger partial charge in [0.2, 0.25) is 0 Å². The normalized spacial score (nSPS) is 10.7. The smallest absolute Gasteiger partial charge is 0.122 e. The van der Waals surface area contributed by atoms with Crippen LogP contribution in [-0.4, -0.2) is 12.1 Å². The first kappa shape index (κ1) is 14.3. The van der Waals surface area contributed by atoms with E-state index in [4.69, 9.17) is 4.74 Å². The Bertz CT molecular complexity index is 865. The molecule has 110 valence electrons. The second-order valence-corrected chi connectivity index (χ2v) is 5.51. The van der Waals surface area contributed by atoms with Crippen LogP contribution in [0.25, 0.3) is 16.5 Å². The highest BCUT2D eigenvalue weighted by atomic mass is 16.5. The molecule has 0 aliphatic rings. The summed E-state index contributed by atoms with van der Waals surface area (Å²) in [5.74, 6) is 0.901. The van der Waals surface area contributed by atoms with Crippen molar-refractivity contribution in [2.45, 2.75) is 13.8 Å². The summed E-state index contributed by atoms with van der Waals surface area (Å²) in [6.45, 7) is 8.44. The fourth-order valence-electron chi connectivity index (χ4n) is 2.64. The predicted octanol–water partition coefficient (Wildman–Crippen LogP) is 4.92. The van der Waals surface area contributed by atoms with Gasteiger partial charge >= 0.3 is 0 Å². The highest BCUT2D eigenvalue weighted by Gasteiger charge is 2.09. The predicted molar refractivity (Wildman–Crippen MR) is 92.3 cm³/mol. The molecular weight excluding hydrogens is 270 g/mol. The molecule has 2 nitrogen and oxygen atoms in total. The summed E-state index contributed by atoms with van der Waals surface area (Å²) in [5.41, 5.74) is 6.55. The Labute approximate surface area is 131 Å². The van der Waals surface area contributed by atoms with Crippen LogP contribution in [0, 0.1) is 13.8 Å². The summed E-state index contributed by atoms with van der Waals surface area (Å²) in [4.78, 5) is 4.36. The number of rotatable bonds is 3. The van der Waals surface area contributed by atoms with Crippen molar-refractivity contribution < 1.29 is 4.74 Å². The third-order valence-electron chi connectivity index (χ3n) is 4.14. The Morgan fingerprint density at radius 1 is 1.05 bits per heavy atom. The molecule has 2 heteroatoms. The summed E-state index contributed by atoms with van der Waals surface area (Å²) < 4.78 is 5.47. The van der Waals surface area contributed by atoms with Gasteiger partial charge in [-0.05, 0) is 65.9 Å². The zero-order chi connectivity index (χ0) is 15.7. The molecule has 22 heavy (non-hydrogen) atoms. The molecule has 0 aliphatic heterocycles. The monoisotopic (exact) mass is 289 g/mol. The van der Waals surface area contributed by atoms with Crippen LogP contribution in [0.2, 0.25) is 0 Å². The lowest BCUT2D eigenvalue weighted by Gasteiger charge is -2.13. The van der Waals surface area contributed by atoms with E-state index in [9.17, 15) is 0 Å². The Kier molecular flexibility index (Phi) is 3.68. The van der Waals surface area contributed by atoms with Gasteiger partial charge in [-0.25, -0.2) is 0 Å². The van der Waals surface area contributed by atoms with Crippen molar-refractivity contribution in [1.29, 1.82) is 0 Å². The van der Waals surface area contributed by atoms with E-state index >= 15 is 0 Å². The lowest BCUT2D eigenvalue weighted by molar-refractivity contribution is 0.411. The Morgan fingerprint density at radius 2 is 1.86 bits per heavy atom. The number of aryl methyl sites for hydroxylation is 1. The summed E-state index contributed by atoms with van der Waals surface area (Å²) in [5, 5.41) is 1.12. The topological polar surface area (TPSA) is 22.1 Å². The number of aromatic nitrogens is 1. The largest absolute Gasteiger partial charge is 0.496 e. The van der Waals surface area contributed by atoms with Crippen molar-refractivity contribution in [1.82, 2.24) is 4.98 Å². The molecule has 0 atom stereocenters. The molecule has 0 bridgehead atoms. The molecule has 0 N–H and O–H groups in total. The van der Waals surface area contributed by atoms with Gasteiger partial charge in [-0.1, -0.05) is 24.8 Å². The third-order valence-corrected chi connectivity index (χ3v) is 4.14. The van der Waals surface area contributed by atoms with Crippen molar-refractivity contribution in [2.24, 2.45) is 0 Å². The van der Waals surface area contributed by atoms with Crippen LogP contribution in [0.3, 0.4) is 0 Å². The molecular formula is C20H19NO. The average Bonchev–Trinajstić information content (AvgIpc) is 2.56. The molecule has 0 unspecified atom stereocenters. The molecule has 0 radical (unpaired) electrons. The van der Waals surface area contributed by atoms with Crippen molar-refractivity contribution in [3.63, 3.8) is 0 Å². The van der Waals surface area contributed by atoms with Crippen LogP contribution in [0.15, 0.2) is 55.2 Å². The Hall–Kier alpha value is -2.61. The van der Waals surface area contributed by atoms with Gasteiger partial charge in [0.25, 0.3) is 0 Å². The number of fused-ring (bicyclic) bond motifs is 1. The summed E-state index contributed by atoms with van der Waals surface area (Å²) in [7, 11) is 1.70. The minimum Gasteiger partial charge on any atom is -0.496 e. The molecule has 0 fully saturated rings. The van der Waals surface area contributed by atoms with Crippen molar-refractivity contribution in [3.05, 3.63) is 77.5 Å². The molecule has 0 spiro atoms. The average molecular weight is 289 g/mol. The van der Waals surface area contributed by atoms with E-state index in [0.717, 1.165) is 33.4 Å². The first-order valence-corrected chi connectivity index (χ1v) is 7.30. The summed E-state index contributed by atoms with van der Waals surface area (Å²) >= 11 is 0. The first-order valence-electron chi connectivity index (χ1n) is 7.30. The van der Waals surface area contributed by atoms with Crippen LogP contribution in [0.4, 0.5) is 0 Å². The summed E-state index contributed by atoms with van der Waals surface area (Å²) in [6.07, 6.45) is 1.81. The molecule has 0 saturated carbocycles. The van der Waals surface area contributed by atoms with Gasteiger partial charge in [0, 0.05) is 11.6 Å². The second kappa shape index (κ2) is 5.64. The van der Waals surface area contributed by atoms with Crippen molar-refractivity contribution in [3.8, 4) is 5.75 Å². The molecule has 3 rings (SSSR count). The molecule has 0 amide bonds. The van der Waals surface area contributed by atoms with Gasteiger partial charge in [0.15, 0.2) is 0 Å². The number of pyridine rings is 1. The minimum atomic E-state index is 0.901. The van der Waals surface area contributed by atoms with E-state index in [-0.39, 0.29) is 0 Å². The zero-order valence-electron chi connectivity index (χ0n) is 13.2. The van der Waals surface area contributed by atoms with Crippen molar-refractivity contribution >= 4 is 16.5 Å². The highest BCUT2D eigenvalue weighted by molar-refractivity contribution is 5.87. The van der Waals surface area contributed by atoms with E-state index in [0.29, 0.717) is 0 Å². The van der Waals surface area contributed by atoms with Crippen LogP contribution in [0.1, 0.15) is 22.3 Å². The second-order valence-electron chi connectivity index (χ2n) is 5.51. The van der Waals surface area contributed by atoms with Gasteiger partial charge in [-0.3, -0.25) is 4.98 Å². The SMILES string of the molecule is C=C(c1cc(C)c(C)c(OC)c1)c1ccc2ncccc2c1.